The van der Waals surface area contributed by atoms with E-state index < -0.39 is 23.6 Å². The smallest absolute Gasteiger partial charge is 0.308 e. The van der Waals surface area contributed by atoms with Gasteiger partial charge in [0.05, 0.1) is 5.56 Å². The van der Waals surface area contributed by atoms with E-state index in [1.54, 1.807) is 0 Å². The molecule has 2 amide bonds. The molecule has 116 valence electrons. The first kappa shape index (κ1) is 16.3. The third-order valence-corrected chi connectivity index (χ3v) is 3.30. The van der Waals surface area contributed by atoms with E-state index >= 15 is 0 Å². The van der Waals surface area contributed by atoms with E-state index in [1.807, 2.05) is 0 Å². The summed E-state index contributed by atoms with van der Waals surface area (Å²) in [6, 6.07) is 7.65. The molecule has 8 heteroatoms. The zero-order chi connectivity index (χ0) is 16.3. The van der Waals surface area contributed by atoms with Gasteiger partial charge < -0.3 is 10.6 Å². The lowest BCUT2D eigenvalue weighted by Gasteiger charge is -2.12. The number of benzene rings is 2. The Labute approximate surface area is 131 Å². The Balaban J connectivity index is 2.12. The first-order valence-electron chi connectivity index (χ1n) is 5.96. The van der Waals surface area contributed by atoms with Gasteiger partial charge in [-0.3, -0.25) is 0 Å². The summed E-state index contributed by atoms with van der Waals surface area (Å²) in [6.45, 7) is 0. The Bertz CT molecular complexity index is 703. The van der Waals surface area contributed by atoms with Gasteiger partial charge in [-0.15, -0.1) is 0 Å². The van der Waals surface area contributed by atoms with Gasteiger partial charge in [0.15, 0.2) is 0 Å². The molecule has 0 bridgehead atoms. The van der Waals surface area contributed by atoms with Crippen LogP contribution in [0.4, 0.5) is 33.7 Å². The summed E-state index contributed by atoms with van der Waals surface area (Å²) in [5.74, 6) is -0.541. The number of carbonyl (C=O) groups excluding carboxylic acids is 1. The van der Waals surface area contributed by atoms with Crippen LogP contribution >= 0.6 is 15.9 Å². The zero-order valence-corrected chi connectivity index (χ0v) is 12.4. The second-order valence-electron chi connectivity index (χ2n) is 4.28. The maximum Gasteiger partial charge on any atom is 0.417 e. The normalized spacial score (nSPS) is 11.1. The highest BCUT2D eigenvalue weighted by Crippen LogP contribution is 2.36. The van der Waals surface area contributed by atoms with Gasteiger partial charge in [0.25, 0.3) is 0 Å². The molecule has 2 aromatic rings. The van der Waals surface area contributed by atoms with Crippen LogP contribution in [0.3, 0.4) is 0 Å². The summed E-state index contributed by atoms with van der Waals surface area (Å²) in [4.78, 5) is 11.7. The number of alkyl halides is 3. The lowest BCUT2D eigenvalue weighted by molar-refractivity contribution is -0.138. The highest BCUT2D eigenvalue weighted by molar-refractivity contribution is 9.10. The van der Waals surface area contributed by atoms with E-state index in [9.17, 15) is 22.4 Å². The number of amides is 2. The van der Waals surface area contributed by atoms with Crippen LogP contribution < -0.4 is 10.6 Å². The van der Waals surface area contributed by atoms with Crippen molar-refractivity contribution in [1.29, 1.82) is 0 Å². The summed E-state index contributed by atoms with van der Waals surface area (Å²) in [6.07, 6.45) is -4.55. The summed E-state index contributed by atoms with van der Waals surface area (Å²) >= 11 is 2.80. The second kappa shape index (κ2) is 6.35. The van der Waals surface area contributed by atoms with Crippen LogP contribution in [0.5, 0.6) is 0 Å². The Morgan fingerprint density at radius 3 is 2.23 bits per heavy atom. The van der Waals surface area contributed by atoms with Gasteiger partial charge in [0.2, 0.25) is 0 Å². The van der Waals surface area contributed by atoms with Gasteiger partial charge in [-0.1, -0.05) is 22.0 Å². The van der Waals surface area contributed by atoms with Crippen molar-refractivity contribution in [2.75, 3.05) is 10.6 Å². The average molecular weight is 377 g/mol. The summed E-state index contributed by atoms with van der Waals surface area (Å²) < 4.78 is 51.1. The van der Waals surface area contributed by atoms with Crippen molar-refractivity contribution in [3.63, 3.8) is 0 Å². The third-order valence-electron chi connectivity index (χ3n) is 2.61. The monoisotopic (exact) mass is 376 g/mol. The molecule has 22 heavy (non-hydrogen) atoms. The first-order valence-corrected chi connectivity index (χ1v) is 6.75. The van der Waals surface area contributed by atoms with E-state index in [-0.39, 0.29) is 15.8 Å². The molecule has 3 nitrogen and oxygen atoms in total. The molecule has 0 fully saturated rings. The molecule has 0 saturated carbocycles. The average Bonchev–Trinajstić information content (AvgIpc) is 2.39. The van der Waals surface area contributed by atoms with Crippen LogP contribution in [0.2, 0.25) is 0 Å². The lowest BCUT2D eigenvalue weighted by Crippen LogP contribution is -2.20. The molecule has 0 aliphatic carbocycles. The van der Waals surface area contributed by atoms with Crippen LogP contribution in [-0.4, -0.2) is 6.03 Å². The fraction of sp³-hybridized carbons (Fsp3) is 0.0714. The Hall–Kier alpha value is -2.09. The zero-order valence-electron chi connectivity index (χ0n) is 10.8. The minimum Gasteiger partial charge on any atom is -0.308 e. The van der Waals surface area contributed by atoms with Gasteiger partial charge in [-0.05, 0) is 36.4 Å². The van der Waals surface area contributed by atoms with E-state index in [0.29, 0.717) is 0 Å². The molecular weight excluding hydrogens is 368 g/mol. The number of carbonyl (C=O) groups is 1. The van der Waals surface area contributed by atoms with Crippen molar-refractivity contribution in [2.45, 2.75) is 6.18 Å². The number of rotatable bonds is 2. The van der Waals surface area contributed by atoms with Gasteiger partial charge in [0.1, 0.15) is 5.82 Å². The van der Waals surface area contributed by atoms with Gasteiger partial charge in [-0.25, -0.2) is 9.18 Å². The minimum atomic E-state index is -4.55. The highest BCUT2D eigenvalue weighted by Gasteiger charge is 2.33. The van der Waals surface area contributed by atoms with Crippen molar-refractivity contribution in [3.8, 4) is 0 Å². The second-order valence-corrected chi connectivity index (χ2v) is 5.14. The predicted molar refractivity (Wildman–Crippen MR) is 78.2 cm³/mol. The molecule has 0 aliphatic heterocycles. The highest BCUT2D eigenvalue weighted by atomic mass is 79.9. The largest absolute Gasteiger partial charge is 0.417 e. The molecular formula is C14H9BrF4N2O. The number of halogens is 5. The van der Waals surface area contributed by atoms with Crippen molar-refractivity contribution >= 4 is 33.3 Å². The first-order chi connectivity index (χ1) is 10.3. The standard InChI is InChI=1S/C14H9BrF4N2O/c15-12-5-4-10(7-11(12)14(17,18)19)21-13(22)20-9-3-1-2-8(16)6-9/h1-7H,(H2,20,21,22). The number of hydrogen-bond acceptors (Lipinski definition) is 1. The number of hydrogen-bond donors (Lipinski definition) is 2. The minimum absolute atomic E-state index is 0.0376. The summed E-state index contributed by atoms with van der Waals surface area (Å²) in [7, 11) is 0. The molecule has 0 radical (unpaired) electrons. The molecule has 0 atom stereocenters. The third kappa shape index (κ3) is 4.20. The Morgan fingerprint density at radius 1 is 1.00 bits per heavy atom. The van der Waals surface area contributed by atoms with E-state index in [0.717, 1.165) is 12.1 Å². The fourth-order valence-corrected chi connectivity index (χ4v) is 2.15. The van der Waals surface area contributed by atoms with Crippen molar-refractivity contribution in [2.24, 2.45) is 0 Å². The van der Waals surface area contributed by atoms with Crippen molar-refractivity contribution in [3.05, 3.63) is 58.3 Å². The van der Waals surface area contributed by atoms with Crippen LogP contribution in [0.15, 0.2) is 46.9 Å². The van der Waals surface area contributed by atoms with Gasteiger partial charge in [0, 0.05) is 15.8 Å². The van der Waals surface area contributed by atoms with Crippen LogP contribution in [0.1, 0.15) is 5.56 Å². The molecule has 0 saturated heterocycles. The molecule has 2 N–H and O–H groups in total. The molecule has 0 heterocycles. The van der Waals surface area contributed by atoms with Crippen LogP contribution in [0, 0.1) is 5.82 Å². The van der Waals surface area contributed by atoms with Crippen molar-refractivity contribution in [1.82, 2.24) is 0 Å². The number of urea groups is 1. The van der Waals surface area contributed by atoms with Crippen LogP contribution in [-0.2, 0) is 6.18 Å². The maximum atomic E-state index is 13.0. The Morgan fingerprint density at radius 2 is 1.64 bits per heavy atom. The molecule has 0 aliphatic rings. The quantitative estimate of drug-likeness (QED) is 0.690. The van der Waals surface area contributed by atoms with E-state index in [1.165, 1.54) is 30.3 Å². The van der Waals surface area contributed by atoms with Gasteiger partial charge >= 0.3 is 12.2 Å². The SMILES string of the molecule is O=C(Nc1cccc(F)c1)Nc1ccc(Br)c(C(F)(F)F)c1. The number of nitrogens with one attached hydrogen (secondary N) is 2. The summed E-state index contributed by atoms with van der Waals surface area (Å²) in [5.41, 5.74) is -0.758. The van der Waals surface area contributed by atoms with E-state index in [4.69, 9.17) is 0 Å². The van der Waals surface area contributed by atoms with E-state index in [2.05, 4.69) is 26.6 Å². The molecule has 2 rings (SSSR count). The Kier molecular flexibility index (Phi) is 4.70. The van der Waals surface area contributed by atoms with Crippen molar-refractivity contribution < 1.29 is 22.4 Å². The summed E-state index contributed by atoms with van der Waals surface area (Å²) in [5, 5.41) is 4.58. The van der Waals surface area contributed by atoms with Gasteiger partial charge in [-0.2, -0.15) is 13.2 Å². The lowest BCUT2D eigenvalue weighted by atomic mass is 10.2. The number of anilines is 2. The topological polar surface area (TPSA) is 41.1 Å². The predicted octanol–water partition coefficient (Wildman–Crippen LogP) is 5.25. The maximum absolute atomic E-state index is 13.0. The molecule has 2 aromatic carbocycles. The van der Waals surface area contributed by atoms with Crippen LogP contribution in [0.25, 0.3) is 0 Å². The molecule has 0 unspecified atom stereocenters. The molecule has 0 spiro atoms. The fourth-order valence-electron chi connectivity index (χ4n) is 1.68. The molecule has 0 aromatic heterocycles.